The Morgan fingerprint density at radius 1 is 1.39 bits per heavy atom. The largest absolute Gasteiger partial charge is 0.394 e. The Balaban J connectivity index is 1.93. The van der Waals surface area contributed by atoms with Gasteiger partial charge in [-0.3, -0.25) is 0 Å². The first-order chi connectivity index (χ1) is 8.67. The summed E-state index contributed by atoms with van der Waals surface area (Å²) in [4.78, 5) is 0. The van der Waals surface area contributed by atoms with Gasteiger partial charge in [-0.2, -0.15) is 0 Å². The van der Waals surface area contributed by atoms with Crippen molar-refractivity contribution in [2.24, 2.45) is 0 Å². The van der Waals surface area contributed by atoms with E-state index in [0.717, 1.165) is 17.9 Å². The minimum Gasteiger partial charge on any atom is -0.394 e. The fourth-order valence-electron chi connectivity index (χ4n) is 1.96. The third-order valence-corrected chi connectivity index (χ3v) is 4.14. The fraction of sp³-hybridized carbons (Fsp3) is 0.538. The first kappa shape index (κ1) is 14.3. The predicted octanol–water partition coefficient (Wildman–Crippen LogP) is 2.77. The molecule has 0 aliphatic carbocycles. The minimum atomic E-state index is -0.618. The molecule has 0 amide bonds. The third kappa shape index (κ3) is 3.45. The molecule has 1 aromatic rings. The number of aliphatic hydroxyl groups is 1. The highest BCUT2D eigenvalue weighted by molar-refractivity contribution is 9.09. The Kier molecular flexibility index (Phi) is 5.04. The van der Waals surface area contributed by atoms with Crippen molar-refractivity contribution in [3.05, 3.63) is 34.9 Å². The van der Waals surface area contributed by atoms with E-state index < -0.39 is 5.79 Å². The minimum absolute atomic E-state index is 0.00427. The Morgan fingerprint density at radius 3 is 2.67 bits per heavy atom. The van der Waals surface area contributed by atoms with Gasteiger partial charge in [0.25, 0.3) is 0 Å². The zero-order valence-electron chi connectivity index (χ0n) is 9.94. The molecule has 0 unspecified atom stereocenters. The molecule has 1 saturated heterocycles. The van der Waals surface area contributed by atoms with E-state index in [-0.39, 0.29) is 12.7 Å². The van der Waals surface area contributed by atoms with Crippen LogP contribution in [0.3, 0.4) is 0 Å². The number of aliphatic hydroxyl groups excluding tert-OH is 1. The van der Waals surface area contributed by atoms with Gasteiger partial charge < -0.3 is 14.6 Å². The van der Waals surface area contributed by atoms with Crippen LogP contribution in [0.2, 0.25) is 5.02 Å². The molecule has 5 heteroatoms. The first-order valence-electron chi connectivity index (χ1n) is 5.90. The topological polar surface area (TPSA) is 38.7 Å². The van der Waals surface area contributed by atoms with Crippen molar-refractivity contribution in [2.45, 2.75) is 24.7 Å². The van der Waals surface area contributed by atoms with E-state index in [4.69, 9.17) is 26.2 Å². The Bertz CT molecular complexity index is 384. The van der Waals surface area contributed by atoms with Crippen molar-refractivity contribution in [3.8, 4) is 0 Å². The number of halogens is 2. The summed E-state index contributed by atoms with van der Waals surface area (Å²) in [6.45, 7) is 0.443. The highest BCUT2D eigenvalue weighted by Crippen LogP contribution is 2.30. The third-order valence-electron chi connectivity index (χ3n) is 3.03. The monoisotopic (exact) mass is 334 g/mol. The van der Waals surface area contributed by atoms with Crippen molar-refractivity contribution in [3.63, 3.8) is 0 Å². The lowest BCUT2D eigenvalue weighted by atomic mass is 10.1. The SMILES string of the molecule is OC[C@H]1CO[C@](CBr)(CCc2ccc(Cl)cc2)O1. The Morgan fingerprint density at radius 2 is 2.11 bits per heavy atom. The maximum atomic E-state index is 9.07. The van der Waals surface area contributed by atoms with Gasteiger partial charge in [0.15, 0.2) is 5.79 Å². The number of hydrogen-bond acceptors (Lipinski definition) is 3. The molecule has 0 aromatic heterocycles. The number of ether oxygens (including phenoxy) is 2. The normalized spacial score (nSPS) is 27.6. The van der Waals surface area contributed by atoms with Gasteiger partial charge in [-0.05, 0) is 24.1 Å². The summed E-state index contributed by atoms with van der Waals surface area (Å²) in [5.41, 5.74) is 1.19. The van der Waals surface area contributed by atoms with Crippen molar-refractivity contribution in [1.29, 1.82) is 0 Å². The van der Waals surface area contributed by atoms with Crippen LogP contribution in [0.15, 0.2) is 24.3 Å². The summed E-state index contributed by atoms with van der Waals surface area (Å²) >= 11 is 9.27. The lowest BCUT2D eigenvalue weighted by Gasteiger charge is -2.25. The Labute approximate surface area is 120 Å². The van der Waals surface area contributed by atoms with E-state index in [1.54, 1.807) is 0 Å². The quantitative estimate of drug-likeness (QED) is 0.841. The van der Waals surface area contributed by atoms with E-state index in [1.165, 1.54) is 5.56 Å². The lowest BCUT2D eigenvalue weighted by molar-refractivity contribution is -0.156. The summed E-state index contributed by atoms with van der Waals surface area (Å²) in [6.07, 6.45) is 1.38. The first-order valence-corrected chi connectivity index (χ1v) is 7.40. The van der Waals surface area contributed by atoms with E-state index in [9.17, 15) is 0 Å². The zero-order chi connectivity index (χ0) is 13.0. The molecule has 1 heterocycles. The van der Waals surface area contributed by atoms with Crippen molar-refractivity contribution >= 4 is 27.5 Å². The van der Waals surface area contributed by atoms with Crippen LogP contribution >= 0.6 is 27.5 Å². The zero-order valence-corrected chi connectivity index (χ0v) is 12.3. The number of hydrogen-bond donors (Lipinski definition) is 1. The second kappa shape index (κ2) is 6.35. The second-order valence-electron chi connectivity index (χ2n) is 4.40. The van der Waals surface area contributed by atoms with E-state index in [2.05, 4.69) is 15.9 Å². The van der Waals surface area contributed by atoms with Crippen LogP contribution in [0.5, 0.6) is 0 Å². The average Bonchev–Trinajstić information content (AvgIpc) is 2.83. The highest BCUT2D eigenvalue weighted by atomic mass is 79.9. The van der Waals surface area contributed by atoms with E-state index in [1.807, 2.05) is 24.3 Å². The smallest absolute Gasteiger partial charge is 0.178 e. The second-order valence-corrected chi connectivity index (χ2v) is 5.40. The van der Waals surface area contributed by atoms with E-state index in [0.29, 0.717) is 11.9 Å². The molecule has 0 bridgehead atoms. The molecule has 3 nitrogen and oxygen atoms in total. The van der Waals surface area contributed by atoms with E-state index >= 15 is 0 Å². The molecular formula is C13H16BrClO3. The molecular weight excluding hydrogens is 319 g/mol. The van der Waals surface area contributed by atoms with Gasteiger partial charge in [-0.1, -0.05) is 39.7 Å². The maximum Gasteiger partial charge on any atom is 0.178 e. The molecule has 1 N–H and O–H groups in total. The molecule has 0 saturated carbocycles. The van der Waals surface area contributed by atoms with Gasteiger partial charge in [0.05, 0.1) is 18.5 Å². The van der Waals surface area contributed by atoms with Gasteiger partial charge in [-0.25, -0.2) is 0 Å². The summed E-state index contributed by atoms with van der Waals surface area (Å²) in [5, 5.41) is 10.4. The highest BCUT2D eigenvalue weighted by Gasteiger charge is 2.39. The number of aryl methyl sites for hydroxylation is 1. The maximum absolute atomic E-state index is 9.07. The van der Waals surface area contributed by atoms with Gasteiger partial charge in [-0.15, -0.1) is 0 Å². The molecule has 100 valence electrons. The molecule has 1 fully saturated rings. The van der Waals surface area contributed by atoms with Crippen LogP contribution in [-0.2, 0) is 15.9 Å². The standard InChI is InChI=1S/C13H16BrClO3/c14-9-13(17-8-12(7-16)18-13)6-5-10-1-3-11(15)4-2-10/h1-4,12,16H,5-9H2/t12-,13+/m0/s1. The van der Waals surface area contributed by atoms with Crippen LogP contribution in [0.25, 0.3) is 0 Å². The van der Waals surface area contributed by atoms with Gasteiger partial charge in [0.2, 0.25) is 0 Å². The van der Waals surface area contributed by atoms with Crippen LogP contribution < -0.4 is 0 Å². The van der Waals surface area contributed by atoms with Crippen LogP contribution in [0.4, 0.5) is 0 Å². The summed E-state index contributed by atoms with van der Waals surface area (Å²) < 4.78 is 11.4. The van der Waals surface area contributed by atoms with Crippen LogP contribution in [-0.4, -0.2) is 35.5 Å². The molecule has 0 spiro atoms. The number of benzene rings is 1. The van der Waals surface area contributed by atoms with Crippen molar-refractivity contribution in [2.75, 3.05) is 18.5 Å². The molecule has 1 aliphatic heterocycles. The number of rotatable bonds is 5. The van der Waals surface area contributed by atoms with Gasteiger partial charge >= 0.3 is 0 Å². The van der Waals surface area contributed by atoms with Gasteiger partial charge in [0, 0.05) is 11.4 Å². The summed E-state index contributed by atoms with van der Waals surface area (Å²) in [7, 11) is 0. The lowest BCUT2D eigenvalue weighted by Crippen LogP contribution is -2.34. The van der Waals surface area contributed by atoms with Crippen molar-refractivity contribution in [1.82, 2.24) is 0 Å². The van der Waals surface area contributed by atoms with Crippen LogP contribution in [0.1, 0.15) is 12.0 Å². The molecule has 1 aromatic carbocycles. The molecule has 1 aliphatic rings. The molecule has 0 radical (unpaired) electrons. The molecule has 2 atom stereocenters. The molecule has 18 heavy (non-hydrogen) atoms. The Hall–Kier alpha value is -0.130. The van der Waals surface area contributed by atoms with Gasteiger partial charge in [0.1, 0.15) is 6.10 Å². The summed E-state index contributed by atoms with van der Waals surface area (Å²) in [6, 6.07) is 7.76. The summed E-state index contributed by atoms with van der Waals surface area (Å²) in [5.74, 6) is -0.618. The predicted molar refractivity (Wildman–Crippen MR) is 74.2 cm³/mol. The fourth-order valence-corrected chi connectivity index (χ4v) is 2.66. The number of alkyl halides is 1. The van der Waals surface area contributed by atoms with Crippen molar-refractivity contribution < 1.29 is 14.6 Å². The molecule has 2 rings (SSSR count). The van der Waals surface area contributed by atoms with Crippen LogP contribution in [0, 0.1) is 0 Å². The average molecular weight is 336 g/mol.